The lowest BCUT2D eigenvalue weighted by Crippen LogP contribution is -1.98. The third-order valence-electron chi connectivity index (χ3n) is 2.68. The van der Waals surface area contributed by atoms with Crippen LogP contribution in [0.4, 0.5) is 10.1 Å². The first-order valence-corrected chi connectivity index (χ1v) is 7.13. The molecule has 2 rings (SSSR count). The topological polar surface area (TPSA) is 48.2 Å². The predicted molar refractivity (Wildman–Crippen MR) is 72.5 cm³/mol. The van der Waals surface area contributed by atoms with Crippen LogP contribution in [0.1, 0.15) is 11.1 Å². The van der Waals surface area contributed by atoms with E-state index in [4.69, 9.17) is 0 Å². The molecule has 0 aliphatic heterocycles. The number of hydrogen-bond donors (Lipinski definition) is 0. The molecular weight excluding hydrogens is 265 g/mol. The highest BCUT2D eigenvalue weighted by atomic mass is 32.2. The van der Waals surface area contributed by atoms with E-state index in [1.807, 2.05) is 13.0 Å². The van der Waals surface area contributed by atoms with Gasteiger partial charge >= 0.3 is 0 Å². The van der Waals surface area contributed by atoms with Crippen molar-refractivity contribution in [3.63, 3.8) is 0 Å². The first-order chi connectivity index (χ1) is 8.88. The summed E-state index contributed by atoms with van der Waals surface area (Å²) in [6, 6.07) is 9.93. The maximum Gasteiger partial charge on any atom is 0.123 e. The zero-order chi connectivity index (χ0) is 14.0. The van der Waals surface area contributed by atoms with E-state index in [1.165, 1.54) is 12.1 Å². The maximum absolute atomic E-state index is 12.8. The highest BCUT2D eigenvalue weighted by Crippen LogP contribution is 2.30. The van der Waals surface area contributed by atoms with Crippen molar-refractivity contribution in [3.8, 4) is 0 Å². The van der Waals surface area contributed by atoms with Gasteiger partial charge in [0.1, 0.15) is 15.8 Å². The number of halogens is 1. The van der Waals surface area contributed by atoms with Crippen LogP contribution in [0.3, 0.4) is 0 Å². The molecule has 0 bridgehead atoms. The van der Waals surface area contributed by atoms with E-state index < -0.39 is 15.8 Å². The fourth-order valence-electron chi connectivity index (χ4n) is 1.70. The standard InChI is InChI=1S/C14H13FNO2S/c1-10-3-8-14(11(2)9-10)16-19(17,18)13-6-4-12(15)5-7-13/h3-9H,1-2H3/q-1. The van der Waals surface area contributed by atoms with Crippen LogP contribution in [0.15, 0.2) is 47.4 Å². The van der Waals surface area contributed by atoms with Gasteiger partial charge in [-0.15, -0.1) is 5.69 Å². The third-order valence-corrected chi connectivity index (χ3v) is 3.99. The van der Waals surface area contributed by atoms with Crippen LogP contribution in [0.5, 0.6) is 0 Å². The van der Waals surface area contributed by atoms with Crippen molar-refractivity contribution >= 4 is 15.7 Å². The zero-order valence-corrected chi connectivity index (χ0v) is 11.4. The molecule has 100 valence electrons. The minimum Gasteiger partial charge on any atom is -0.572 e. The van der Waals surface area contributed by atoms with Crippen molar-refractivity contribution in [1.29, 1.82) is 0 Å². The first kappa shape index (κ1) is 13.5. The highest BCUT2D eigenvalue weighted by molar-refractivity contribution is 7.94. The van der Waals surface area contributed by atoms with Gasteiger partial charge in [-0.2, -0.15) is 0 Å². The van der Waals surface area contributed by atoms with Gasteiger partial charge in [0, 0.05) is 0 Å². The Hall–Kier alpha value is -1.88. The average Bonchev–Trinajstić information content (AvgIpc) is 2.33. The second kappa shape index (κ2) is 5.01. The van der Waals surface area contributed by atoms with E-state index in [0.29, 0.717) is 5.69 Å². The number of sulfonamides is 1. The third kappa shape index (κ3) is 3.12. The average molecular weight is 278 g/mol. The van der Waals surface area contributed by atoms with Crippen LogP contribution in [0, 0.1) is 19.7 Å². The van der Waals surface area contributed by atoms with Gasteiger partial charge in [-0.25, -0.2) is 12.8 Å². The Labute approximate surface area is 112 Å². The van der Waals surface area contributed by atoms with Gasteiger partial charge < -0.3 is 4.72 Å². The molecule has 0 aliphatic carbocycles. The normalized spacial score (nSPS) is 11.3. The SMILES string of the molecule is Cc1ccc([N-]S(=O)(=O)c2ccc(F)cc2)c(C)c1. The summed E-state index contributed by atoms with van der Waals surface area (Å²) in [4.78, 5) is -0.0196. The zero-order valence-electron chi connectivity index (χ0n) is 10.6. The molecule has 0 aliphatic rings. The molecular formula is C14H13FNO2S-. The fraction of sp³-hybridized carbons (Fsp3) is 0.143. The molecule has 3 nitrogen and oxygen atoms in total. The molecule has 0 aromatic heterocycles. The molecule has 0 spiro atoms. The Morgan fingerprint density at radius 3 is 2.21 bits per heavy atom. The summed E-state index contributed by atoms with van der Waals surface area (Å²) in [7, 11) is -3.81. The summed E-state index contributed by atoms with van der Waals surface area (Å²) in [5.74, 6) is -0.481. The van der Waals surface area contributed by atoms with Crippen LogP contribution in [-0.2, 0) is 10.0 Å². The number of rotatable bonds is 3. The van der Waals surface area contributed by atoms with Gasteiger partial charge in [0.05, 0.1) is 4.90 Å². The summed E-state index contributed by atoms with van der Waals surface area (Å²) in [5.41, 5.74) is 2.22. The largest absolute Gasteiger partial charge is 0.572 e. The van der Waals surface area contributed by atoms with Crippen LogP contribution in [-0.4, -0.2) is 8.42 Å². The fourth-order valence-corrected chi connectivity index (χ4v) is 2.75. The van der Waals surface area contributed by atoms with E-state index in [-0.39, 0.29) is 4.90 Å². The first-order valence-electron chi connectivity index (χ1n) is 5.69. The van der Waals surface area contributed by atoms with E-state index in [1.54, 1.807) is 19.1 Å². The van der Waals surface area contributed by atoms with Crippen molar-refractivity contribution in [3.05, 3.63) is 64.1 Å². The van der Waals surface area contributed by atoms with Crippen LogP contribution in [0.2, 0.25) is 0 Å². The molecule has 0 saturated carbocycles. The van der Waals surface area contributed by atoms with Gasteiger partial charge in [-0.3, -0.25) is 0 Å². The van der Waals surface area contributed by atoms with Gasteiger partial charge in [0.2, 0.25) is 0 Å². The summed E-state index contributed by atoms with van der Waals surface area (Å²) < 4.78 is 40.7. The smallest absolute Gasteiger partial charge is 0.123 e. The Bertz CT molecular complexity index is 694. The number of nitrogens with zero attached hydrogens (tertiary/aromatic N) is 1. The molecule has 0 fully saturated rings. The van der Waals surface area contributed by atoms with Gasteiger partial charge in [0.15, 0.2) is 0 Å². The van der Waals surface area contributed by atoms with Gasteiger partial charge in [-0.05, 0) is 38.1 Å². The van der Waals surface area contributed by atoms with Crippen molar-refractivity contribution in [2.45, 2.75) is 18.7 Å². The Kier molecular flexibility index (Phi) is 3.57. The summed E-state index contributed by atoms with van der Waals surface area (Å²) in [6.45, 7) is 3.72. The summed E-state index contributed by atoms with van der Waals surface area (Å²) in [6.07, 6.45) is 0. The van der Waals surface area contributed by atoms with Gasteiger partial charge in [-0.1, -0.05) is 29.3 Å². The highest BCUT2D eigenvalue weighted by Gasteiger charge is 2.05. The molecule has 0 saturated heterocycles. The molecule has 0 N–H and O–H groups in total. The lowest BCUT2D eigenvalue weighted by Gasteiger charge is -2.24. The second-order valence-electron chi connectivity index (χ2n) is 4.31. The monoisotopic (exact) mass is 278 g/mol. The number of aryl methyl sites for hydroxylation is 2. The molecule has 0 unspecified atom stereocenters. The molecule has 2 aromatic carbocycles. The van der Waals surface area contributed by atoms with E-state index >= 15 is 0 Å². The summed E-state index contributed by atoms with van der Waals surface area (Å²) in [5, 5.41) is 0. The van der Waals surface area contributed by atoms with E-state index in [2.05, 4.69) is 4.72 Å². The van der Waals surface area contributed by atoms with Gasteiger partial charge in [0.25, 0.3) is 0 Å². The molecule has 19 heavy (non-hydrogen) atoms. The van der Waals surface area contributed by atoms with Crippen molar-refractivity contribution in [2.75, 3.05) is 0 Å². The molecule has 5 heteroatoms. The minimum absolute atomic E-state index is 0.0196. The molecule has 0 atom stereocenters. The van der Waals surface area contributed by atoms with Crippen molar-refractivity contribution in [1.82, 2.24) is 0 Å². The molecule has 2 aromatic rings. The molecule has 0 radical (unpaired) electrons. The van der Waals surface area contributed by atoms with E-state index in [0.717, 1.165) is 23.3 Å². The molecule has 0 amide bonds. The number of hydrogen-bond acceptors (Lipinski definition) is 2. The number of benzene rings is 2. The lowest BCUT2D eigenvalue weighted by molar-refractivity contribution is 0.601. The Morgan fingerprint density at radius 1 is 1.00 bits per heavy atom. The van der Waals surface area contributed by atoms with Crippen molar-refractivity contribution < 1.29 is 12.8 Å². The maximum atomic E-state index is 12.8. The van der Waals surface area contributed by atoms with Crippen molar-refractivity contribution in [2.24, 2.45) is 0 Å². The van der Waals surface area contributed by atoms with E-state index in [9.17, 15) is 12.8 Å². The quantitative estimate of drug-likeness (QED) is 0.856. The predicted octanol–water partition coefficient (Wildman–Crippen LogP) is 3.84. The Morgan fingerprint density at radius 2 is 1.63 bits per heavy atom. The van der Waals surface area contributed by atoms with Crippen LogP contribution < -0.4 is 0 Å². The van der Waals surface area contributed by atoms with Crippen LogP contribution >= 0.6 is 0 Å². The minimum atomic E-state index is -3.81. The van der Waals surface area contributed by atoms with Crippen LogP contribution in [0.25, 0.3) is 4.72 Å². The lowest BCUT2D eigenvalue weighted by atomic mass is 10.1. The molecule has 0 heterocycles. The second-order valence-corrected chi connectivity index (χ2v) is 5.91. The summed E-state index contributed by atoms with van der Waals surface area (Å²) >= 11 is 0. The Balaban J connectivity index is 2.33.